The second kappa shape index (κ2) is 11.4. The van der Waals surface area contributed by atoms with Crippen molar-refractivity contribution < 1.29 is 54.1 Å². The molecule has 0 aliphatic rings. The molecule has 2 atom stereocenters. The molecule has 2 aromatic carbocycles. The number of benzene rings is 2. The monoisotopic (exact) mass is 431 g/mol. The Hall–Kier alpha value is -2.22. The van der Waals surface area contributed by atoms with E-state index in [9.17, 15) is 24.5 Å². The number of aromatic nitrogens is 1. The van der Waals surface area contributed by atoms with Gasteiger partial charge in [0.2, 0.25) is 0 Å². The quantitative estimate of drug-likeness (QED) is 0.487. The number of nitrogens with zero attached hydrogens (tertiary/aromatic N) is 1. The van der Waals surface area contributed by atoms with Crippen LogP contribution in [0.25, 0.3) is 22.9 Å². The van der Waals surface area contributed by atoms with Gasteiger partial charge in [-0.2, -0.15) is 0 Å². The predicted octanol–water partition coefficient (Wildman–Crippen LogP) is -0.139. The number of rotatable bonds is 8. The standard InChI is InChI=1S/C24H24FNO4.Na/c1-16-22(12-11-20(27)13-21(28)14-24(29)30)23(17-7-9-18(25)10-8-17)15-26(16)19-5-3-2-4-6-19;/h2-12,15,20-21,27-28H,13-14H2,1H3,(H,29,30);/q;+1/p-1/b12-11+;/t20-,21+;/m0./s1. The zero-order valence-corrected chi connectivity index (χ0v) is 19.5. The minimum Gasteiger partial charge on any atom is -0.550 e. The maximum Gasteiger partial charge on any atom is 1.00 e. The van der Waals surface area contributed by atoms with E-state index in [2.05, 4.69) is 0 Å². The van der Waals surface area contributed by atoms with Crippen molar-refractivity contribution in [2.75, 3.05) is 0 Å². The molecule has 31 heavy (non-hydrogen) atoms. The van der Waals surface area contributed by atoms with Gasteiger partial charge < -0.3 is 24.7 Å². The summed E-state index contributed by atoms with van der Waals surface area (Å²) in [5, 5.41) is 30.5. The number of halogens is 1. The third-order valence-corrected chi connectivity index (χ3v) is 4.89. The maximum atomic E-state index is 13.4. The molecule has 156 valence electrons. The van der Waals surface area contributed by atoms with Gasteiger partial charge in [0.1, 0.15) is 5.82 Å². The van der Waals surface area contributed by atoms with Crippen LogP contribution in [0.15, 0.2) is 66.9 Å². The molecular weight excluding hydrogens is 408 g/mol. The second-order valence-electron chi connectivity index (χ2n) is 7.15. The number of aliphatic hydroxyl groups excluding tert-OH is 2. The predicted molar refractivity (Wildman–Crippen MR) is 111 cm³/mol. The summed E-state index contributed by atoms with van der Waals surface area (Å²) in [6.07, 6.45) is 2.34. The maximum absolute atomic E-state index is 13.4. The van der Waals surface area contributed by atoms with Crippen molar-refractivity contribution in [2.24, 2.45) is 0 Å². The van der Waals surface area contributed by atoms with E-state index in [1.807, 2.05) is 48.0 Å². The van der Waals surface area contributed by atoms with Crippen molar-refractivity contribution in [2.45, 2.75) is 32.0 Å². The largest absolute Gasteiger partial charge is 1.00 e. The number of hydrogen-bond donors (Lipinski definition) is 2. The first-order valence-corrected chi connectivity index (χ1v) is 9.62. The van der Waals surface area contributed by atoms with Crippen molar-refractivity contribution >= 4 is 12.0 Å². The molecule has 0 fully saturated rings. The number of carbonyl (C=O) groups is 1. The van der Waals surface area contributed by atoms with Crippen molar-refractivity contribution in [3.05, 3.63) is 83.9 Å². The summed E-state index contributed by atoms with van der Waals surface area (Å²) >= 11 is 0. The van der Waals surface area contributed by atoms with E-state index in [0.29, 0.717) is 0 Å². The Bertz CT molecular complexity index is 1030. The van der Waals surface area contributed by atoms with Gasteiger partial charge in [-0.3, -0.25) is 0 Å². The molecular formula is C24H23FNNaO4. The molecule has 3 aromatic rings. The number of aliphatic carboxylic acids is 1. The van der Waals surface area contributed by atoms with Crippen molar-refractivity contribution in [3.8, 4) is 16.8 Å². The minimum atomic E-state index is -1.37. The van der Waals surface area contributed by atoms with Crippen molar-refractivity contribution in [1.29, 1.82) is 0 Å². The van der Waals surface area contributed by atoms with Crippen LogP contribution in [0.4, 0.5) is 4.39 Å². The fourth-order valence-electron chi connectivity index (χ4n) is 3.39. The van der Waals surface area contributed by atoms with Crippen LogP contribution in [-0.4, -0.2) is 33.0 Å². The Balaban J connectivity index is 0.00000341. The van der Waals surface area contributed by atoms with Gasteiger partial charge in [-0.15, -0.1) is 0 Å². The van der Waals surface area contributed by atoms with Gasteiger partial charge in [0.25, 0.3) is 0 Å². The normalized spacial score (nSPS) is 13.0. The van der Waals surface area contributed by atoms with E-state index in [1.54, 1.807) is 18.2 Å². The summed E-state index contributed by atoms with van der Waals surface area (Å²) in [7, 11) is 0. The summed E-state index contributed by atoms with van der Waals surface area (Å²) in [6.45, 7) is 1.94. The van der Waals surface area contributed by atoms with Crippen molar-refractivity contribution in [1.82, 2.24) is 4.57 Å². The number of para-hydroxylation sites is 1. The molecule has 0 saturated heterocycles. The van der Waals surface area contributed by atoms with Crippen LogP contribution in [-0.2, 0) is 4.79 Å². The molecule has 0 amide bonds. The molecule has 0 spiro atoms. The number of aliphatic hydroxyl groups is 2. The Labute approximate surface area is 202 Å². The van der Waals surface area contributed by atoms with Crippen molar-refractivity contribution in [3.63, 3.8) is 0 Å². The number of carboxylic acids is 1. The topological polar surface area (TPSA) is 85.5 Å². The second-order valence-corrected chi connectivity index (χ2v) is 7.15. The molecule has 0 aliphatic heterocycles. The van der Waals surface area contributed by atoms with E-state index in [1.165, 1.54) is 18.2 Å². The van der Waals surface area contributed by atoms with Crippen LogP contribution in [0.3, 0.4) is 0 Å². The average molecular weight is 431 g/mol. The van der Waals surface area contributed by atoms with Crippen LogP contribution in [0.5, 0.6) is 0 Å². The molecule has 7 heteroatoms. The van der Waals surface area contributed by atoms with E-state index in [-0.39, 0.29) is 41.8 Å². The summed E-state index contributed by atoms with van der Waals surface area (Å²) in [6, 6.07) is 15.9. The summed E-state index contributed by atoms with van der Waals surface area (Å²) in [4.78, 5) is 10.6. The molecule has 1 aromatic heterocycles. The first-order valence-electron chi connectivity index (χ1n) is 9.62. The molecule has 3 rings (SSSR count). The smallest absolute Gasteiger partial charge is 0.550 e. The fourth-order valence-corrected chi connectivity index (χ4v) is 3.39. The Kier molecular flexibility index (Phi) is 9.22. The molecule has 0 aliphatic carbocycles. The third-order valence-electron chi connectivity index (χ3n) is 4.89. The molecule has 0 saturated carbocycles. The van der Waals surface area contributed by atoms with Gasteiger partial charge in [0.05, 0.1) is 12.2 Å². The zero-order valence-electron chi connectivity index (χ0n) is 17.5. The Morgan fingerprint density at radius 1 is 1.13 bits per heavy atom. The molecule has 0 bridgehead atoms. The van der Waals surface area contributed by atoms with E-state index >= 15 is 0 Å². The van der Waals surface area contributed by atoms with Gasteiger partial charge in [-0.25, -0.2) is 4.39 Å². The van der Waals surface area contributed by atoms with Crippen LogP contribution >= 0.6 is 0 Å². The third kappa shape index (κ3) is 6.63. The number of carbonyl (C=O) groups excluding carboxylic acids is 1. The molecule has 1 heterocycles. The summed E-state index contributed by atoms with van der Waals surface area (Å²) < 4.78 is 15.4. The Morgan fingerprint density at radius 3 is 2.39 bits per heavy atom. The van der Waals surface area contributed by atoms with E-state index in [0.717, 1.165) is 28.1 Å². The molecule has 0 radical (unpaired) electrons. The zero-order chi connectivity index (χ0) is 21.7. The van der Waals surface area contributed by atoms with E-state index in [4.69, 9.17) is 0 Å². The minimum absolute atomic E-state index is 0. The average Bonchev–Trinajstić information content (AvgIpc) is 3.03. The summed E-state index contributed by atoms with van der Waals surface area (Å²) in [5.74, 6) is -1.69. The number of carboxylic acid groups (broad SMARTS) is 1. The van der Waals surface area contributed by atoms with Gasteiger partial charge in [-0.05, 0) is 36.8 Å². The molecule has 5 nitrogen and oxygen atoms in total. The van der Waals surface area contributed by atoms with Crippen LogP contribution in [0.1, 0.15) is 24.1 Å². The van der Waals surface area contributed by atoms with Crippen LogP contribution in [0.2, 0.25) is 0 Å². The van der Waals surface area contributed by atoms with Gasteiger partial charge >= 0.3 is 29.6 Å². The number of hydrogen-bond acceptors (Lipinski definition) is 4. The first kappa shape index (κ1) is 25.0. The van der Waals surface area contributed by atoms with Gasteiger partial charge in [0, 0.05) is 47.5 Å². The van der Waals surface area contributed by atoms with Crippen LogP contribution < -0.4 is 34.7 Å². The fraction of sp³-hybridized carbons (Fsp3) is 0.208. The Morgan fingerprint density at radius 2 is 1.77 bits per heavy atom. The van der Waals surface area contributed by atoms with Gasteiger partial charge in [0.15, 0.2) is 0 Å². The SMILES string of the molecule is Cc1c(/C=C/[C@H](O)C[C@@H](O)CC(=O)[O-])c(-c2ccc(F)cc2)cn1-c1ccccc1.[Na+]. The first-order chi connectivity index (χ1) is 14.3. The molecule has 0 unspecified atom stereocenters. The summed E-state index contributed by atoms with van der Waals surface area (Å²) in [5.41, 5.74) is 4.39. The van der Waals surface area contributed by atoms with Crippen LogP contribution in [0, 0.1) is 12.7 Å². The molecule has 2 N–H and O–H groups in total. The van der Waals surface area contributed by atoms with Gasteiger partial charge in [-0.1, -0.05) is 42.5 Å². The van der Waals surface area contributed by atoms with E-state index < -0.39 is 24.6 Å².